The minimum absolute atomic E-state index is 0.388. The number of urea groups is 1. The van der Waals surface area contributed by atoms with Gasteiger partial charge in [-0.05, 0) is 6.07 Å². The van der Waals surface area contributed by atoms with E-state index in [4.69, 9.17) is 5.73 Å². The second-order valence-electron chi connectivity index (χ2n) is 2.07. The Kier molecular flexibility index (Phi) is 2.39. The minimum atomic E-state index is -0.788. The molecule has 0 bridgehead atoms. The third-order valence-corrected chi connectivity index (χ3v) is 1.41. The lowest BCUT2D eigenvalue weighted by atomic mass is 10.5. The second-order valence-corrected chi connectivity index (χ2v) is 2.59. The highest BCUT2D eigenvalue weighted by Crippen LogP contribution is 1.97. The highest BCUT2D eigenvalue weighted by Gasteiger charge is 1.96. The Morgan fingerprint density at radius 2 is 2.33 bits per heavy atom. The van der Waals surface area contributed by atoms with Crippen LogP contribution in [-0.2, 0) is 0 Å². The predicted molar refractivity (Wildman–Crippen MR) is 46.9 cm³/mol. The summed E-state index contributed by atoms with van der Waals surface area (Å²) in [5.74, 6) is 0. The van der Waals surface area contributed by atoms with E-state index in [2.05, 4.69) is 18.1 Å². The summed E-state index contributed by atoms with van der Waals surface area (Å²) in [5.41, 5.74) is 6.52. The van der Waals surface area contributed by atoms with Gasteiger partial charge in [-0.3, -0.25) is 4.79 Å². The Bertz CT molecular complexity index is 360. The van der Waals surface area contributed by atoms with E-state index in [0.29, 0.717) is 4.90 Å². The second kappa shape index (κ2) is 3.31. The van der Waals surface area contributed by atoms with Gasteiger partial charge in [0, 0.05) is 17.2 Å². The average molecular weight is 185 g/mol. The number of nitrogens with zero attached hydrogens (tertiary/aromatic N) is 1. The summed E-state index contributed by atoms with van der Waals surface area (Å²) < 4.78 is 0.974. The molecule has 0 saturated carbocycles. The SMILES string of the molecule is NC(=O)Nn1ccc(S)cc1=O. The van der Waals surface area contributed by atoms with Crippen molar-refractivity contribution < 1.29 is 4.79 Å². The van der Waals surface area contributed by atoms with Crippen LogP contribution >= 0.6 is 12.6 Å². The topological polar surface area (TPSA) is 77.1 Å². The Hall–Kier alpha value is -1.43. The number of hydrogen-bond acceptors (Lipinski definition) is 3. The van der Waals surface area contributed by atoms with Crippen LogP contribution in [0.25, 0.3) is 0 Å². The maximum atomic E-state index is 11.0. The summed E-state index contributed by atoms with van der Waals surface area (Å²) in [7, 11) is 0. The van der Waals surface area contributed by atoms with Crippen molar-refractivity contribution in [3.05, 3.63) is 28.7 Å². The molecule has 64 valence electrons. The molecule has 0 fully saturated rings. The fourth-order valence-corrected chi connectivity index (χ4v) is 0.857. The molecule has 0 unspecified atom stereocenters. The zero-order valence-corrected chi connectivity index (χ0v) is 6.91. The van der Waals surface area contributed by atoms with Crippen LogP contribution in [0.2, 0.25) is 0 Å². The number of nitrogens with one attached hydrogen (secondary N) is 1. The normalized spacial score (nSPS) is 9.42. The predicted octanol–water partition coefficient (Wildman–Crippen LogP) is -0.241. The molecule has 1 rings (SSSR count). The van der Waals surface area contributed by atoms with Crippen molar-refractivity contribution in [2.45, 2.75) is 4.90 Å². The molecule has 0 aromatic carbocycles. The van der Waals surface area contributed by atoms with Crippen LogP contribution < -0.4 is 16.7 Å². The van der Waals surface area contributed by atoms with Crippen LogP contribution in [-0.4, -0.2) is 10.7 Å². The summed E-state index contributed by atoms with van der Waals surface area (Å²) in [6.07, 6.45) is 1.37. The molecule has 0 aliphatic rings. The van der Waals surface area contributed by atoms with Gasteiger partial charge in [0.2, 0.25) is 0 Å². The minimum Gasteiger partial charge on any atom is -0.350 e. The molecule has 1 aromatic heterocycles. The van der Waals surface area contributed by atoms with Crippen molar-refractivity contribution in [1.82, 2.24) is 4.68 Å². The quantitative estimate of drug-likeness (QED) is 0.528. The van der Waals surface area contributed by atoms with Crippen LogP contribution in [0.4, 0.5) is 4.79 Å². The molecule has 2 amide bonds. The molecule has 5 nitrogen and oxygen atoms in total. The van der Waals surface area contributed by atoms with Gasteiger partial charge in [0.05, 0.1) is 0 Å². The fraction of sp³-hybridized carbons (Fsp3) is 0. The maximum Gasteiger partial charge on any atom is 0.331 e. The van der Waals surface area contributed by atoms with Gasteiger partial charge in [0.15, 0.2) is 0 Å². The molecule has 0 spiro atoms. The van der Waals surface area contributed by atoms with E-state index in [9.17, 15) is 9.59 Å². The van der Waals surface area contributed by atoms with E-state index in [1.165, 1.54) is 12.3 Å². The van der Waals surface area contributed by atoms with E-state index in [1.807, 2.05) is 0 Å². The highest BCUT2D eigenvalue weighted by molar-refractivity contribution is 7.80. The number of carbonyl (C=O) groups excluding carboxylic acids is 1. The van der Waals surface area contributed by atoms with Gasteiger partial charge in [-0.15, -0.1) is 12.6 Å². The number of thiol groups is 1. The van der Waals surface area contributed by atoms with Crippen LogP contribution in [0.5, 0.6) is 0 Å². The van der Waals surface area contributed by atoms with E-state index < -0.39 is 6.03 Å². The lowest BCUT2D eigenvalue weighted by Crippen LogP contribution is -2.35. The smallest absolute Gasteiger partial charge is 0.331 e. The van der Waals surface area contributed by atoms with Crippen molar-refractivity contribution in [3.63, 3.8) is 0 Å². The molecule has 0 atom stereocenters. The van der Waals surface area contributed by atoms with Crippen LogP contribution in [0, 0.1) is 0 Å². The zero-order chi connectivity index (χ0) is 9.14. The Morgan fingerprint density at radius 3 is 2.83 bits per heavy atom. The first-order valence-electron chi connectivity index (χ1n) is 3.08. The molecular formula is C6H7N3O2S. The standard InChI is InChI=1S/C6H7N3O2S/c7-6(11)8-9-2-1-4(12)3-5(9)10/h1-3,12H,(H3,7,8,11). The molecule has 0 saturated heterocycles. The van der Waals surface area contributed by atoms with Crippen LogP contribution in [0.15, 0.2) is 28.0 Å². The summed E-state index contributed by atoms with van der Waals surface area (Å²) >= 11 is 3.93. The van der Waals surface area contributed by atoms with Gasteiger partial charge in [-0.1, -0.05) is 0 Å². The third kappa shape index (κ3) is 2.03. The summed E-state index contributed by atoms with van der Waals surface area (Å²) in [5, 5.41) is 0. The van der Waals surface area contributed by atoms with Crippen molar-refractivity contribution in [2.75, 3.05) is 5.43 Å². The molecule has 0 aliphatic carbocycles. The summed E-state index contributed by atoms with van der Waals surface area (Å²) in [6.45, 7) is 0. The monoisotopic (exact) mass is 185 g/mol. The zero-order valence-electron chi connectivity index (χ0n) is 6.02. The average Bonchev–Trinajstić information content (AvgIpc) is 1.94. The van der Waals surface area contributed by atoms with Crippen LogP contribution in [0.3, 0.4) is 0 Å². The van der Waals surface area contributed by atoms with Gasteiger partial charge < -0.3 is 5.73 Å². The molecule has 12 heavy (non-hydrogen) atoms. The number of hydrogen-bond donors (Lipinski definition) is 3. The third-order valence-electron chi connectivity index (χ3n) is 1.13. The first-order valence-corrected chi connectivity index (χ1v) is 3.52. The lowest BCUT2D eigenvalue weighted by Gasteiger charge is -2.03. The largest absolute Gasteiger partial charge is 0.350 e. The van der Waals surface area contributed by atoms with Crippen molar-refractivity contribution in [1.29, 1.82) is 0 Å². The summed E-state index contributed by atoms with van der Waals surface area (Å²) in [6, 6.07) is 2.03. The Balaban J connectivity index is 3.02. The summed E-state index contributed by atoms with van der Waals surface area (Å²) in [4.78, 5) is 21.9. The highest BCUT2D eigenvalue weighted by atomic mass is 32.1. The Labute approximate surface area is 73.6 Å². The van der Waals surface area contributed by atoms with Crippen molar-refractivity contribution in [2.24, 2.45) is 5.73 Å². The molecule has 0 aliphatic heterocycles. The molecule has 0 radical (unpaired) electrons. The van der Waals surface area contributed by atoms with E-state index in [0.717, 1.165) is 4.68 Å². The van der Waals surface area contributed by atoms with Gasteiger partial charge in [-0.2, -0.15) is 0 Å². The number of carbonyl (C=O) groups is 1. The maximum absolute atomic E-state index is 11.0. The molecule has 1 heterocycles. The number of primary amides is 1. The lowest BCUT2D eigenvalue weighted by molar-refractivity contribution is 0.256. The number of aromatic nitrogens is 1. The van der Waals surface area contributed by atoms with E-state index in [1.54, 1.807) is 6.07 Å². The van der Waals surface area contributed by atoms with Gasteiger partial charge in [0.25, 0.3) is 5.56 Å². The van der Waals surface area contributed by atoms with Gasteiger partial charge in [-0.25, -0.2) is 14.9 Å². The molecule has 1 aromatic rings. The Morgan fingerprint density at radius 1 is 1.67 bits per heavy atom. The number of amides is 2. The van der Waals surface area contributed by atoms with Crippen LogP contribution in [0.1, 0.15) is 0 Å². The van der Waals surface area contributed by atoms with Crippen molar-refractivity contribution in [3.8, 4) is 0 Å². The number of rotatable bonds is 1. The molecule has 3 N–H and O–H groups in total. The molecular weight excluding hydrogens is 178 g/mol. The fourth-order valence-electron chi connectivity index (χ4n) is 0.680. The molecule has 6 heteroatoms. The number of nitrogens with two attached hydrogens (primary N) is 1. The van der Waals surface area contributed by atoms with Gasteiger partial charge in [0.1, 0.15) is 0 Å². The van der Waals surface area contributed by atoms with E-state index in [-0.39, 0.29) is 5.56 Å². The van der Waals surface area contributed by atoms with E-state index >= 15 is 0 Å². The van der Waals surface area contributed by atoms with Gasteiger partial charge >= 0.3 is 6.03 Å². The van der Waals surface area contributed by atoms with Crippen molar-refractivity contribution >= 4 is 18.7 Å². The first-order chi connectivity index (χ1) is 5.59. The number of pyridine rings is 1. The first kappa shape index (κ1) is 8.66.